The Morgan fingerprint density at radius 1 is 0.607 bits per heavy atom. The van der Waals surface area contributed by atoms with E-state index in [1.807, 2.05) is 18.2 Å². The first-order chi connectivity index (χ1) is 13.8. The minimum Gasteiger partial charge on any atom is -0.298 e. The van der Waals surface area contributed by atoms with Crippen LogP contribution in [0.15, 0.2) is 66.7 Å². The third kappa shape index (κ3) is 3.43. The third-order valence-electron chi connectivity index (χ3n) is 5.88. The average molecular weight is 368 g/mol. The van der Waals surface area contributed by atoms with Crippen molar-refractivity contribution < 1.29 is 9.59 Å². The predicted octanol–water partition coefficient (Wildman–Crippen LogP) is 6.69. The van der Waals surface area contributed by atoms with Gasteiger partial charge in [0.25, 0.3) is 0 Å². The van der Waals surface area contributed by atoms with Crippen LogP contribution in [0.4, 0.5) is 0 Å². The molecule has 1 aliphatic carbocycles. The molecule has 1 aliphatic rings. The number of benzene rings is 3. The summed E-state index contributed by atoms with van der Waals surface area (Å²) < 4.78 is 0. The van der Waals surface area contributed by atoms with Crippen molar-refractivity contribution in [3.8, 4) is 22.3 Å². The highest BCUT2D eigenvalue weighted by Crippen LogP contribution is 2.42. The van der Waals surface area contributed by atoms with E-state index in [-0.39, 0.29) is 0 Å². The summed E-state index contributed by atoms with van der Waals surface area (Å²) in [5.41, 5.74) is 6.44. The second kappa shape index (κ2) is 8.35. The Bertz CT molecular complexity index is 971. The number of hydrogen-bond donors (Lipinski definition) is 0. The van der Waals surface area contributed by atoms with Gasteiger partial charge in [0.1, 0.15) is 0 Å². The summed E-state index contributed by atoms with van der Waals surface area (Å²) in [4.78, 5) is 23.4. The Morgan fingerprint density at radius 3 is 1.82 bits per heavy atom. The maximum Gasteiger partial charge on any atom is 0.150 e. The van der Waals surface area contributed by atoms with E-state index in [1.54, 1.807) is 18.2 Å². The van der Waals surface area contributed by atoms with E-state index in [0.717, 1.165) is 29.3 Å². The number of carbonyl (C=O) groups excluding carboxylic acids is 2. The Morgan fingerprint density at radius 2 is 1.18 bits per heavy atom. The van der Waals surface area contributed by atoms with E-state index < -0.39 is 0 Å². The minimum atomic E-state index is 0.548. The van der Waals surface area contributed by atoms with Crippen LogP contribution in [0.1, 0.15) is 64.3 Å². The largest absolute Gasteiger partial charge is 0.298 e. The molecule has 1 saturated carbocycles. The van der Waals surface area contributed by atoms with Crippen LogP contribution in [-0.4, -0.2) is 12.6 Å². The van der Waals surface area contributed by atoms with Gasteiger partial charge in [0, 0.05) is 16.7 Å². The molecule has 0 bridgehead atoms. The number of carbonyl (C=O) groups is 2. The lowest BCUT2D eigenvalue weighted by atomic mass is 9.79. The van der Waals surface area contributed by atoms with Crippen molar-refractivity contribution in [2.75, 3.05) is 0 Å². The number of rotatable bonds is 5. The molecule has 0 aromatic heterocycles. The summed E-state index contributed by atoms with van der Waals surface area (Å²) in [6.45, 7) is 0. The molecule has 3 aromatic carbocycles. The van der Waals surface area contributed by atoms with Crippen LogP contribution in [0.25, 0.3) is 22.3 Å². The van der Waals surface area contributed by atoms with Crippen molar-refractivity contribution >= 4 is 12.6 Å². The second-order valence-electron chi connectivity index (χ2n) is 7.51. The van der Waals surface area contributed by atoms with Crippen LogP contribution in [0.3, 0.4) is 0 Å². The number of aldehydes is 2. The van der Waals surface area contributed by atoms with Crippen LogP contribution < -0.4 is 0 Å². The van der Waals surface area contributed by atoms with E-state index in [9.17, 15) is 9.59 Å². The normalized spacial score (nSPS) is 14.6. The standard InChI is InChI=1S/C26H24O2/c27-17-20-11-8-12-21(18-28)26(20)25-16-7-6-15-24(25)23-14-5-4-13-22(23)19-9-2-1-3-10-19/h4-8,11-19H,1-3,9-10H2. The fraction of sp³-hybridized carbons (Fsp3) is 0.231. The smallest absolute Gasteiger partial charge is 0.150 e. The molecule has 2 heteroatoms. The minimum absolute atomic E-state index is 0.548. The lowest BCUT2D eigenvalue weighted by Crippen LogP contribution is -2.06. The molecule has 140 valence electrons. The summed E-state index contributed by atoms with van der Waals surface area (Å²) >= 11 is 0. The van der Waals surface area contributed by atoms with Gasteiger partial charge in [-0.05, 0) is 41.0 Å². The van der Waals surface area contributed by atoms with Crippen LogP contribution in [0.2, 0.25) is 0 Å². The summed E-state index contributed by atoms with van der Waals surface area (Å²) in [5, 5.41) is 0. The molecule has 0 radical (unpaired) electrons. The van der Waals surface area contributed by atoms with Gasteiger partial charge in [0.05, 0.1) is 0 Å². The summed E-state index contributed by atoms with van der Waals surface area (Å²) in [5.74, 6) is 0.574. The molecule has 2 nitrogen and oxygen atoms in total. The highest BCUT2D eigenvalue weighted by Gasteiger charge is 2.21. The van der Waals surface area contributed by atoms with Crippen molar-refractivity contribution in [1.29, 1.82) is 0 Å². The van der Waals surface area contributed by atoms with Gasteiger partial charge in [-0.15, -0.1) is 0 Å². The van der Waals surface area contributed by atoms with E-state index in [1.165, 1.54) is 43.2 Å². The van der Waals surface area contributed by atoms with Crippen LogP contribution >= 0.6 is 0 Å². The summed E-state index contributed by atoms with van der Waals surface area (Å²) in [6, 6.07) is 22.0. The average Bonchev–Trinajstić information content (AvgIpc) is 2.79. The van der Waals surface area contributed by atoms with Gasteiger partial charge in [-0.2, -0.15) is 0 Å². The van der Waals surface area contributed by atoms with Crippen molar-refractivity contribution in [3.05, 3.63) is 83.4 Å². The molecule has 0 unspecified atom stereocenters. The zero-order valence-electron chi connectivity index (χ0n) is 15.9. The first-order valence-electron chi connectivity index (χ1n) is 10.1. The Balaban J connectivity index is 1.92. The zero-order chi connectivity index (χ0) is 19.3. The van der Waals surface area contributed by atoms with E-state index >= 15 is 0 Å². The SMILES string of the molecule is O=Cc1cccc(C=O)c1-c1ccccc1-c1ccccc1C1CCCCC1. The molecule has 0 aliphatic heterocycles. The fourth-order valence-corrected chi connectivity index (χ4v) is 4.54. The zero-order valence-corrected chi connectivity index (χ0v) is 15.9. The van der Waals surface area contributed by atoms with Crippen molar-refractivity contribution in [1.82, 2.24) is 0 Å². The Kier molecular flexibility index (Phi) is 5.48. The van der Waals surface area contributed by atoms with Gasteiger partial charge in [-0.3, -0.25) is 9.59 Å². The highest BCUT2D eigenvalue weighted by atomic mass is 16.1. The molecule has 0 spiro atoms. The Labute approximate surface area is 166 Å². The van der Waals surface area contributed by atoms with Crippen LogP contribution in [0.5, 0.6) is 0 Å². The van der Waals surface area contributed by atoms with E-state index in [2.05, 4.69) is 30.3 Å². The number of hydrogen-bond acceptors (Lipinski definition) is 2. The van der Waals surface area contributed by atoms with Crippen molar-refractivity contribution in [2.45, 2.75) is 38.0 Å². The maximum atomic E-state index is 11.7. The molecule has 0 saturated heterocycles. The lowest BCUT2D eigenvalue weighted by Gasteiger charge is -2.25. The van der Waals surface area contributed by atoms with Crippen LogP contribution in [0, 0.1) is 0 Å². The van der Waals surface area contributed by atoms with Gasteiger partial charge < -0.3 is 0 Å². The molecule has 0 atom stereocenters. The van der Waals surface area contributed by atoms with E-state index in [0.29, 0.717) is 17.0 Å². The summed E-state index contributed by atoms with van der Waals surface area (Å²) in [7, 11) is 0. The molecule has 0 N–H and O–H groups in total. The van der Waals surface area contributed by atoms with Crippen LogP contribution in [-0.2, 0) is 0 Å². The van der Waals surface area contributed by atoms with Gasteiger partial charge in [0.2, 0.25) is 0 Å². The molecule has 3 aromatic rings. The molecule has 0 heterocycles. The monoisotopic (exact) mass is 368 g/mol. The first-order valence-corrected chi connectivity index (χ1v) is 10.1. The molecule has 1 fully saturated rings. The molecular weight excluding hydrogens is 344 g/mol. The predicted molar refractivity (Wildman–Crippen MR) is 114 cm³/mol. The third-order valence-corrected chi connectivity index (χ3v) is 5.88. The molecule has 28 heavy (non-hydrogen) atoms. The van der Waals surface area contributed by atoms with Gasteiger partial charge in [0.15, 0.2) is 12.6 Å². The maximum absolute atomic E-state index is 11.7. The topological polar surface area (TPSA) is 34.1 Å². The fourth-order valence-electron chi connectivity index (χ4n) is 4.54. The van der Waals surface area contributed by atoms with Crippen molar-refractivity contribution in [3.63, 3.8) is 0 Å². The Hall–Kier alpha value is -3.00. The quantitative estimate of drug-likeness (QED) is 0.470. The van der Waals surface area contributed by atoms with Gasteiger partial charge >= 0.3 is 0 Å². The van der Waals surface area contributed by atoms with E-state index in [4.69, 9.17) is 0 Å². The summed E-state index contributed by atoms with van der Waals surface area (Å²) in [6.07, 6.45) is 8.02. The van der Waals surface area contributed by atoms with Crippen molar-refractivity contribution in [2.24, 2.45) is 0 Å². The molecule has 4 rings (SSSR count). The van der Waals surface area contributed by atoms with Gasteiger partial charge in [-0.25, -0.2) is 0 Å². The first kappa shape index (κ1) is 18.4. The molecular formula is C26H24O2. The van der Waals surface area contributed by atoms with Gasteiger partial charge in [-0.1, -0.05) is 86.0 Å². The second-order valence-corrected chi connectivity index (χ2v) is 7.51. The lowest BCUT2D eigenvalue weighted by molar-refractivity contribution is 0.112. The molecule has 0 amide bonds. The highest BCUT2D eigenvalue weighted by molar-refractivity contribution is 6.01.